The number of aliphatic hydroxyl groups is 1. The van der Waals surface area contributed by atoms with Crippen LogP contribution >= 0.6 is 0 Å². The molecular formula is C13H17N3O3S. The lowest BCUT2D eigenvalue weighted by Gasteiger charge is -2.26. The van der Waals surface area contributed by atoms with Gasteiger partial charge in [-0.05, 0) is 25.0 Å². The van der Waals surface area contributed by atoms with E-state index in [9.17, 15) is 13.5 Å². The van der Waals surface area contributed by atoms with Gasteiger partial charge < -0.3 is 5.11 Å². The highest BCUT2D eigenvalue weighted by molar-refractivity contribution is 7.89. The summed E-state index contributed by atoms with van der Waals surface area (Å²) in [5.41, 5.74) is -0.167. The molecule has 1 aromatic heterocycles. The van der Waals surface area contributed by atoms with Gasteiger partial charge in [0.15, 0.2) is 0 Å². The third-order valence-corrected chi connectivity index (χ3v) is 5.18. The maximum atomic E-state index is 12.1. The molecule has 20 heavy (non-hydrogen) atoms. The van der Waals surface area contributed by atoms with Crippen molar-refractivity contribution in [1.82, 2.24) is 9.71 Å². The van der Waals surface area contributed by atoms with E-state index in [1.54, 1.807) is 0 Å². The predicted molar refractivity (Wildman–Crippen MR) is 72.1 cm³/mol. The minimum absolute atomic E-state index is 0.0128. The Morgan fingerprint density at radius 1 is 1.40 bits per heavy atom. The molecular weight excluding hydrogens is 278 g/mol. The van der Waals surface area contributed by atoms with Crippen molar-refractivity contribution in [1.29, 1.82) is 5.26 Å². The second-order valence-corrected chi connectivity index (χ2v) is 6.95. The van der Waals surface area contributed by atoms with Crippen LogP contribution in [0.3, 0.4) is 0 Å². The van der Waals surface area contributed by atoms with Gasteiger partial charge in [0.05, 0.1) is 0 Å². The number of pyridine rings is 1. The van der Waals surface area contributed by atoms with E-state index in [2.05, 4.69) is 9.71 Å². The summed E-state index contributed by atoms with van der Waals surface area (Å²) in [5, 5.41) is 18.1. The van der Waals surface area contributed by atoms with Crippen molar-refractivity contribution in [2.45, 2.75) is 30.6 Å². The van der Waals surface area contributed by atoms with Crippen molar-refractivity contribution in [2.24, 2.45) is 5.41 Å². The maximum absolute atomic E-state index is 12.1. The molecule has 0 amide bonds. The van der Waals surface area contributed by atoms with Crippen LogP contribution in [-0.2, 0) is 10.0 Å². The van der Waals surface area contributed by atoms with Crippen molar-refractivity contribution in [3.63, 3.8) is 0 Å². The van der Waals surface area contributed by atoms with Gasteiger partial charge in [-0.25, -0.2) is 18.1 Å². The van der Waals surface area contributed by atoms with E-state index >= 15 is 0 Å². The maximum Gasteiger partial charge on any atom is 0.242 e. The molecule has 1 saturated carbocycles. The second-order valence-electron chi connectivity index (χ2n) is 5.18. The molecule has 108 valence electrons. The Morgan fingerprint density at radius 2 is 2.10 bits per heavy atom. The topological polar surface area (TPSA) is 103 Å². The van der Waals surface area contributed by atoms with Crippen molar-refractivity contribution in [2.75, 3.05) is 13.2 Å². The lowest BCUT2D eigenvalue weighted by molar-refractivity contribution is 0.134. The number of rotatable bonds is 5. The van der Waals surface area contributed by atoms with E-state index in [0.717, 1.165) is 25.7 Å². The lowest BCUT2D eigenvalue weighted by atomic mass is 9.88. The summed E-state index contributed by atoms with van der Waals surface area (Å²) in [6.07, 6.45) is 4.86. The van der Waals surface area contributed by atoms with E-state index in [-0.39, 0.29) is 29.2 Å². The van der Waals surface area contributed by atoms with Crippen LogP contribution in [0, 0.1) is 16.7 Å². The van der Waals surface area contributed by atoms with E-state index in [1.807, 2.05) is 6.07 Å². The molecule has 7 heteroatoms. The van der Waals surface area contributed by atoms with Crippen LogP contribution in [-0.4, -0.2) is 31.7 Å². The van der Waals surface area contributed by atoms with Gasteiger partial charge in [-0.3, -0.25) is 0 Å². The van der Waals surface area contributed by atoms with Crippen LogP contribution in [0.2, 0.25) is 0 Å². The molecule has 0 radical (unpaired) electrons. The first-order chi connectivity index (χ1) is 9.51. The van der Waals surface area contributed by atoms with Gasteiger partial charge in [-0.15, -0.1) is 0 Å². The average Bonchev–Trinajstić information content (AvgIpc) is 2.95. The summed E-state index contributed by atoms with van der Waals surface area (Å²) >= 11 is 0. The number of hydrogen-bond donors (Lipinski definition) is 2. The number of sulfonamides is 1. The molecule has 2 N–H and O–H groups in total. The van der Waals surface area contributed by atoms with Crippen LogP contribution in [0.4, 0.5) is 0 Å². The number of hydrogen-bond acceptors (Lipinski definition) is 5. The summed E-state index contributed by atoms with van der Waals surface area (Å²) in [5.74, 6) is 0. The molecule has 0 spiro atoms. The standard InChI is InChI=1S/C13H17N3O3S/c14-7-11-3-4-12(8-15-11)20(18,19)16-9-13(10-17)5-1-2-6-13/h3-4,8,16-17H,1-2,5-6,9-10H2. The number of aliphatic hydroxyl groups excluding tert-OH is 1. The van der Waals surface area contributed by atoms with Gasteiger partial charge >= 0.3 is 0 Å². The fourth-order valence-corrected chi connectivity index (χ4v) is 3.55. The molecule has 6 nitrogen and oxygen atoms in total. The fraction of sp³-hybridized carbons (Fsp3) is 0.538. The first-order valence-electron chi connectivity index (χ1n) is 6.48. The molecule has 0 aliphatic heterocycles. The molecule has 1 fully saturated rings. The highest BCUT2D eigenvalue weighted by atomic mass is 32.2. The smallest absolute Gasteiger partial charge is 0.242 e. The number of nitrogens with one attached hydrogen (secondary N) is 1. The summed E-state index contributed by atoms with van der Waals surface area (Å²) < 4.78 is 26.8. The number of nitrogens with zero attached hydrogens (tertiary/aromatic N) is 2. The Hall–Kier alpha value is -1.49. The molecule has 0 bridgehead atoms. The number of nitriles is 1. The summed E-state index contributed by atoms with van der Waals surface area (Å²) in [6.45, 7) is 0.215. The minimum Gasteiger partial charge on any atom is -0.396 e. The van der Waals surface area contributed by atoms with Crippen LogP contribution < -0.4 is 4.72 Å². The summed E-state index contributed by atoms with van der Waals surface area (Å²) in [6, 6.07) is 4.56. The van der Waals surface area contributed by atoms with E-state index in [0.29, 0.717) is 0 Å². The largest absolute Gasteiger partial charge is 0.396 e. The lowest BCUT2D eigenvalue weighted by Crippen LogP contribution is -2.38. The summed E-state index contributed by atoms with van der Waals surface area (Å²) in [7, 11) is -3.65. The molecule has 0 atom stereocenters. The van der Waals surface area contributed by atoms with Crippen LogP contribution in [0.5, 0.6) is 0 Å². The van der Waals surface area contributed by atoms with Gasteiger partial charge in [-0.1, -0.05) is 12.8 Å². The normalized spacial score (nSPS) is 17.8. The third kappa shape index (κ3) is 3.15. The van der Waals surface area contributed by atoms with Crippen molar-refractivity contribution in [3.05, 3.63) is 24.0 Å². The predicted octanol–water partition coefficient (Wildman–Crippen LogP) is 0.784. The van der Waals surface area contributed by atoms with Crippen molar-refractivity contribution >= 4 is 10.0 Å². The van der Waals surface area contributed by atoms with Gasteiger partial charge in [0, 0.05) is 24.8 Å². The van der Waals surface area contributed by atoms with Gasteiger partial charge in [0.25, 0.3) is 0 Å². The first-order valence-corrected chi connectivity index (χ1v) is 7.96. The molecule has 2 rings (SSSR count). The second kappa shape index (κ2) is 5.87. The van der Waals surface area contributed by atoms with E-state index < -0.39 is 10.0 Å². The van der Waals surface area contributed by atoms with Crippen molar-refractivity contribution in [3.8, 4) is 6.07 Å². The Bertz CT molecular complexity index is 599. The molecule has 1 heterocycles. The average molecular weight is 295 g/mol. The van der Waals surface area contributed by atoms with Crippen LogP contribution in [0.1, 0.15) is 31.4 Å². The molecule has 1 aliphatic rings. The highest BCUT2D eigenvalue weighted by Gasteiger charge is 2.34. The van der Waals surface area contributed by atoms with Crippen LogP contribution in [0.25, 0.3) is 0 Å². The van der Waals surface area contributed by atoms with Gasteiger partial charge in [-0.2, -0.15) is 5.26 Å². The Kier molecular flexibility index (Phi) is 4.38. The Balaban J connectivity index is 2.09. The van der Waals surface area contributed by atoms with E-state index in [1.165, 1.54) is 18.3 Å². The van der Waals surface area contributed by atoms with Crippen molar-refractivity contribution < 1.29 is 13.5 Å². The summed E-state index contributed by atoms with van der Waals surface area (Å²) in [4.78, 5) is 3.78. The SMILES string of the molecule is N#Cc1ccc(S(=O)(=O)NCC2(CO)CCCC2)cn1. The van der Waals surface area contributed by atoms with Crippen LogP contribution in [0.15, 0.2) is 23.2 Å². The zero-order valence-corrected chi connectivity index (χ0v) is 11.9. The van der Waals surface area contributed by atoms with Gasteiger partial charge in [0.1, 0.15) is 16.7 Å². The molecule has 1 aromatic rings. The zero-order valence-electron chi connectivity index (χ0n) is 11.0. The first kappa shape index (κ1) is 14.9. The third-order valence-electron chi connectivity index (χ3n) is 3.80. The molecule has 0 unspecified atom stereocenters. The highest BCUT2D eigenvalue weighted by Crippen LogP contribution is 2.37. The molecule has 1 aliphatic carbocycles. The minimum atomic E-state index is -3.65. The monoisotopic (exact) mass is 295 g/mol. The zero-order chi connectivity index (χ0) is 14.6. The van der Waals surface area contributed by atoms with E-state index in [4.69, 9.17) is 5.26 Å². The Morgan fingerprint density at radius 3 is 2.60 bits per heavy atom. The number of aromatic nitrogens is 1. The molecule has 0 saturated heterocycles. The quantitative estimate of drug-likeness (QED) is 0.835. The fourth-order valence-electron chi connectivity index (χ4n) is 2.45. The van der Waals surface area contributed by atoms with Gasteiger partial charge in [0.2, 0.25) is 10.0 Å². The molecule has 0 aromatic carbocycles. The Labute approximate surface area is 118 Å².